The van der Waals surface area contributed by atoms with Crippen molar-refractivity contribution in [3.8, 4) is 5.75 Å². The summed E-state index contributed by atoms with van der Waals surface area (Å²) < 4.78 is 5.86. The molecular formula is C14H10INO3. The number of ketones is 1. The number of halogens is 1. The Hall–Kier alpha value is -1.76. The van der Waals surface area contributed by atoms with E-state index in [2.05, 4.69) is 11.6 Å². The Morgan fingerprint density at radius 2 is 2.21 bits per heavy atom. The van der Waals surface area contributed by atoms with Gasteiger partial charge in [-0.05, 0) is 41.6 Å². The van der Waals surface area contributed by atoms with Gasteiger partial charge in [-0.1, -0.05) is 12.6 Å². The first-order valence-corrected chi connectivity index (χ1v) is 6.55. The number of esters is 1. The lowest BCUT2D eigenvalue weighted by molar-refractivity contribution is -0.128. The fourth-order valence-corrected chi connectivity index (χ4v) is 2.39. The summed E-state index contributed by atoms with van der Waals surface area (Å²) in [6, 6.07) is 5.21. The van der Waals surface area contributed by atoms with Gasteiger partial charge in [0.05, 0.1) is 3.57 Å². The molecule has 0 unspecified atom stereocenters. The van der Waals surface area contributed by atoms with Crippen LogP contribution in [-0.2, 0) is 4.79 Å². The van der Waals surface area contributed by atoms with E-state index in [4.69, 9.17) is 4.74 Å². The van der Waals surface area contributed by atoms with Crippen molar-refractivity contribution in [2.24, 2.45) is 0 Å². The van der Waals surface area contributed by atoms with Crippen LogP contribution in [0.25, 0.3) is 10.9 Å². The van der Waals surface area contributed by atoms with Crippen molar-refractivity contribution in [3.63, 3.8) is 0 Å². The third-order valence-corrected chi connectivity index (χ3v) is 3.35. The second kappa shape index (κ2) is 5.48. The highest BCUT2D eigenvalue weighted by atomic mass is 127. The van der Waals surface area contributed by atoms with E-state index in [1.54, 1.807) is 24.4 Å². The number of rotatable bonds is 3. The summed E-state index contributed by atoms with van der Waals surface area (Å²) in [5.41, 5.74) is 1.06. The number of carbonyl (C=O) groups excluding carboxylic acids is 2. The number of carbonyl (C=O) groups is 2. The van der Waals surface area contributed by atoms with Crippen LogP contribution < -0.4 is 4.74 Å². The molecule has 0 amide bonds. The van der Waals surface area contributed by atoms with E-state index in [0.717, 1.165) is 6.08 Å². The number of hydrogen-bond donors (Lipinski definition) is 0. The first-order chi connectivity index (χ1) is 9.04. The number of fused-ring (bicyclic) bond motifs is 1. The molecule has 0 spiro atoms. The molecule has 0 aliphatic rings. The standard InChI is InChI=1S/C14H10INO3/c1-3-12(18)19-14-11(15)7-10(8(2)17)9-5-4-6-16-13(9)14/h3-7H,1H2,2H3. The monoisotopic (exact) mass is 367 g/mol. The van der Waals surface area contributed by atoms with Gasteiger partial charge in [0.25, 0.3) is 0 Å². The van der Waals surface area contributed by atoms with Crippen molar-refractivity contribution in [3.05, 3.63) is 46.2 Å². The van der Waals surface area contributed by atoms with Gasteiger partial charge in [-0.25, -0.2) is 4.79 Å². The molecule has 4 nitrogen and oxygen atoms in total. The molecule has 96 valence electrons. The molecule has 0 fully saturated rings. The second-order valence-corrected chi connectivity index (χ2v) is 4.98. The Morgan fingerprint density at radius 3 is 2.84 bits per heavy atom. The van der Waals surface area contributed by atoms with Crippen LogP contribution in [0.1, 0.15) is 17.3 Å². The van der Waals surface area contributed by atoms with E-state index >= 15 is 0 Å². The SMILES string of the molecule is C=CC(=O)Oc1c(I)cc(C(C)=O)c2cccnc12. The minimum absolute atomic E-state index is 0.0579. The summed E-state index contributed by atoms with van der Waals surface area (Å²) in [4.78, 5) is 27.2. The van der Waals surface area contributed by atoms with Crippen molar-refractivity contribution >= 4 is 45.2 Å². The summed E-state index contributed by atoms with van der Waals surface area (Å²) in [6.45, 7) is 4.85. The van der Waals surface area contributed by atoms with Gasteiger partial charge in [0.1, 0.15) is 5.52 Å². The van der Waals surface area contributed by atoms with Gasteiger partial charge in [-0.3, -0.25) is 9.78 Å². The van der Waals surface area contributed by atoms with E-state index < -0.39 is 5.97 Å². The highest BCUT2D eigenvalue weighted by Gasteiger charge is 2.16. The number of nitrogens with zero attached hydrogens (tertiary/aromatic N) is 1. The van der Waals surface area contributed by atoms with E-state index in [0.29, 0.717) is 25.8 Å². The summed E-state index contributed by atoms with van der Waals surface area (Å²) in [7, 11) is 0. The maximum atomic E-state index is 11.6. The molecule has 0 atom stereocenters. The molecule has 0 bridgehead atoms. The van der Waals surface area contributed by atoms with Crippen molar-refractivity contribution in [1.29, 1.82) is 0 Å². The quantitative estimate of drug-likeness (QED) is 0.275. The summed E-state index contributed by atoms with van der Waals surface area (Å²) in [5.74, 6) is -0.260. The summed E-state index contributed by atoms with van der Waals surface area (Å²) in [5, 5.41) is 0.669. The van der Waals surface area contributed by atoms with Crippen LogP contribution in [0.4, 0.5) is 0 Å². The Labute approximate surface area is 123 Å². The lowest BCUT2D eigenvalue weighted by atomic mass is 10.0. The van der Waals surface area contributed by atoms with Crippen LogP contribution in [-0.4, -0.2) is 16.7 Å². The van der Waals surface area contributed by atoms with Crippen LogP contribution in [0.3, 0.4) is 0 Å². The largest absolute Gasteiger partial charge is 0.420 e. The number of aromatic nitrogens is 1. The molecular weight excluding hydrogens is 357 g/mol. The molecule has 0 saturated heterocycles. The van der Waals surface area contributed by atoms with Crippen molar-refractivity contribution < 1.29 is 14.3 Å². The normalized spacial score (nSPS) is 10.2. The minimum atomic E-state index is -0.555. The van der Waals surface area contributed by atoms with Crippen LogP contribution >= 0.6 is 22.6 Å². The molecule has 0 saturated carbocycles. The predicted octanol–water partition coefficient (Wildman–Crippen LogP) is 3.13. The van der Waals surface area contributed by atoms with Crippen LogP contribution in [0.5, 0.6) is 5.75 Å². The molecule has 0 N–H and O–H groups in total. The van der Waals surface area contributed by atoms with Crippen LogP contribution in [0.15, 0.2) is 37.1 Å². The number of Topliss-reactive ketones (excluding diaryl/α,β-unsaturated/α-hetero) is 1. The molecule has 2 aromatic rings. The summed E-state index contributed by atoms with van der Waals surface area (Å²) >= 11 is 2.01. The lowest BCUT2D eigenvalue weighted by Crippen LogP contribution is -2.07. The highest BCUT2D eigenvalue weighted by Crippen LogP contribution is 2.32. The van der Waals surface area contributed by atoms with Crippen molar-refractivity contribution in [2.45, 2.75) is 6.92 Å². The fraction of sp³-hybridized carbons (Fsp3) is 0.0714. The Kier molecular flexibility index (Phi) is 3.94. The average Bonchev–Trinajstić information content (AvgIpc) is 2.41. The van der Waals surface area contributed by atoms with E-state index in [1.165, 1.54) is 6.92 Å². The second-order valence-electron chi connectivity index (χ2n) is 3.82. The lowest BCUT2D eigenvalue weighted by Gasteiger charge is -2.10. The minimum Gasteiger partial charge on any atom is -0.420 e. The Morgan fingerprint density at radius 1 is 1.47 bits per heavy atom. The van der Waals surface area contributed by atoms with Crippen LogP contribution in [0, 0.1) is 3.57 Å². The number of benzene rings is 1. The van der Waals surface area contributed by atoms with Gasteiger partial charge in [0.2, 0.25) is 0 Å². The number of hydrogen-bond acceptors (Lipinski definition) is 4. The molecule has 5 heteroatoms. The molecule has 1 aromatic carbocycles. The van der Waals surface area contributed by atoms with E-state index in [9.17, 15) is 9.59 Å². The topological polar surface area (TPSA) is 56.3 Å². The maximum absolute atomic E-state index is 11.6. The highest BCUT2D eigenvalue weighted by molar-refractivity contribution is 14.1. The molecule has 1 aromatic heterocycles. The van der Waals surface area contributed by atoms with Crippen molar-refractivity contribution in [2.75, 3.05) is 0 Å². The van der Waals surface area contributed by atoms with Crippen LogP contribution in [0.2, 0.25) is 0 Å². The molecule has 1 heterocycles. The third kappa shape index (κ3) is 2.65. The van der Waals surface area contributed by atoms with Crippen molar-refractivity contribution in [1.82, 2.24) is 4.98 Å². The average molecular weight is 367 g/mol. The smallest absolute Gasteiger partial charge is 0.335 e. The zero-order valence-corrected chi connectivity index (χ0v) is 12.3. The zero-order chi connectivity index (χ0) is 14.0. The summed E-state index contributed by atoms with van der Waals surface area (Å²) in [6.07, 6.45) is 2.68. The molecule has 0 aliphatic carbocycles. The molecule has 19 heavy (non-hydrogen) atoms. The fourth-order valence-electron chi connectivity index (χ4n) is 1.72. The third-order valence-electron chi connectivity index (χ3n) is 2.55. The van der Waals surface area contributed by atoms with Gasteiger partial charge < -0.3 is 4.74 Å². The zero-order valence-electron chi connectivity index (χ0n) is 10.1. The van der Waals surface area contributed by atoms with E-state index in [-0.39, 0.29) is 5.78 Å². The van der Waals surface area contributed by atoms with Gasteiger partial charge in [0.15, 0.2) is 11.5 Å². The van der Waals surface area contributed by atoms with Gasteiger partial charge >= 0.3 is 5.97 Å². The predicted molar refractivity (Wildman–Crippen MR) is 80.3 cm³/mol. The number of pyridine rings is 1. The first-order valence-electron chi connectivity index (χ1n) is 5.47. The number of ether oxygens (including phenoxy) is 1. The van der Waals surface area contributed by atoms with Gasteiger partial charge in [-0.2, -0.15) is 0 Å². The molecule has 2 rings (SSSR count). The maximum Gasteiger partial charge on any atom is 0.335 e. The molecule has 0 radical (unpaired) electrons. The Balaban J connectivity index is 2.75. The molecule has 0 aliphatic heterocycles. The van der Waals surface area contributed by atoms with Gasteiger partial charge in [0, 0.05) is 23.2 Å². The first kappa shape index (κ1) is 13.7. The van der Waals surface area contributed by atoms with E-state index in [1.807, 2.05) is 22.6 Å². The van der Waals surface area contributed by atoms with Gasteiger partial charge in [-0.15, -0.1) is 0 Å². The Bertz CT molecular complexity index is 694.